The van der Waals surface area contributed by atoms with Gasteiger partial charge < -0.3 is 14.3 Å². The van der Waals surface area contributed by atoms with Gasteiger partial charge in [0.05, 0.1) is 28.7 Å². The molecule has 1 N–H and O–H groups in total. The molecule has 4 aromatic rings. The van der Waals surface area contributed by atoms with Crippen LogP contribution in [0.1, 0.15) is 25.2 Å². The van der Waals surface area contributed by atoms with E-state index in [2.05, 4.69) is 0 Å². The number of fused-ring (bicyclic) bond motifs is 2. The van der Waals surface area contributed by atoms with E-state index in [0.29, 0.717) is 23.9 Å². The number of halogens is 3. The number of morpholine rings is 1. The summed E-state index contributed by atoms with van der Waals surface area (Å²) < 4.78 is 54.2. The fourth-order valence-corrected chi connectivity index (χ4v) is 4.98. The van der Waals surface area contributed by atoms with Crippen LogP contribution in [0.3, 0.4) is 0 Å². The number of phenolic OH excluding ortho intramolecular Hbond substituents is 1. The number of rotatable bonds is 3. The molecule has 35 heavy (non-hydrogen) atoms. The standard InChI is InChI=1S/C27H24F3NO4/c1-15-12-31(13-16(2)34-15)14-21-22(32)11-10-20-24(33)23(26(27(28,29)30)35-25(20)21)19-9-5-7-17-6-3-4-8-18(17)19/h3-11,15-16,32H,12-14H2,1-2H3/t15-,16-/m1/s1. The van der Waals surface area contributed by atoms with Crippen LogP contribution >= 0.6 is 0 Å². The van der Waals surface area contributed by atoms with Crippen molar-refractivity contribution < 1.29 is 27.4 Å². The molecule has 2 heterocycles. The van der Waals surface area contributed by atoms with Gasteiger partial charge in [-0.25, -0.2) is 0 Å². The van der Waals surface area contributed by atoms with Crippen LogP contribution in [0.2, 0.25) is 0 Å². The van der Waals surface area contributed by atoms with Crippen molar-refractivity contribution in [3.8, 4) is 16.9 Å². The molecule has 2 atom stereocenters. The van der Waals surface area contributed by atoms with Crippen LogP contribution in [-0.4, -0.2) is 35.3 Å². The van der Waals surface area contributed by atoms with Gasteiger partial charge in [-0.15, -0.1) is 0 Å². The highest BCUT2D eigenvalue weighted by Crippen LogP contribution is 2.41. The summed E-state index contributed by atoms with van der Waals surface area (Å²) >= 11 is 0. The van der Waals surface area contributed by atoms with Crippen molar-refractivity contribution in [2.75, 3.05) is 13.1 Å². The molecule has 1 aliphatic rings. The third kappa shape index (κ3) is 4.28. The predicted octanol–water partition coefficient (Wildman–Crippen LogP) is 5.95. The first-order valence-corrected chi connectivity index (χ1v) is 11.4. The smallest absolute Gasteiger partial charge is 0.450 e. The molecule has 0 unspecified atom stereocenters. The van der Waals surface area contributed by atoms with Crippen molar-refractivity contribution in [2.24, 2.45) is 0 Å². The van der Waals surface area contributed by atoms with Gasteiger partial charge >= 0.3 is 6.18 Å². The summed E-state index contributed by atoms with van der Waals surface area (Å²) in [6, 6.07) is 14.5. The van der Waals surface area contributed by atoms with Gasteiger partial charge in [0.15, 0.2) is 0 Å². The maximum Gasteiger partial charge on any atom is 0.450 e. The van der Waals surface area contributed by atoms with Crippen molar-refractivity contribution in [2.45, 2.75) is 38.8 Å². The zero-order valence-electron chi connectivity index (χ0n) is 19.2. The third-order valence-corrected chi connectivity index (χ3v) is 6.33. The van der Waals surface area contributed by atoms with Crippen molar-refractivity contribution in [1.82, 2.24) is 4.90 Å². The van der Waals surface area contributed by atoms with E-state index in [-0.39, 0.29) is 46.6 Å². The van der Waals surface area contributed by atoms with E-state index in [4.69, 9.17) is 9.15 Å². The molecule has 0 spiro atoms. The van der Waals surface area contributed by atoms with Gasteiger partial charge in [-0.2, -0.15) is 13.2 Å². The molecule has 3 aromatic carbocycles. The predicted molar refractivity (Wildman–Crippen MR) is 127 cm³/mol. The van der Waals surface area contributed by atoms with Crippen LogP contribution in [0.25, 0.3) is 32.9 Å². The fourth-order valence-electron chi connectivity index (χ4n) is 4.98. The lowest BCUT2D eigenvalue weighted by atomic mass is 9.95. The Balaban J connectivity index is 1.76. The van der Waals surface area contributed by atoms with E-state index < -0.39 is 22.9 Å². The number of hydrogen-bond donors (Lipinski definition) is 1. The monoisotopic (exact) mass is 483 g/mol. The molecule has 0 saturated carbocycles. The summed E-state index contributed by atoms with van der Waals surface area (Å²) in [4.78, 5) is 15.6. The Morgan fingerprint density at radius 1 is 0.971 bits per heavy atom. The minimum atomic E-state index is -4.93. The largest absolute Gasteiger partial charge is 0.507 e. The van der Waals surface area contributed by atoms with E-state index in [1.807, 2.05) is 18.7 Å². The Labute approximate surface area is 199 Å². The first-order chi connectivity index (χ1) is 16.6. The molecule has 5 rings (SSSR count). The lowest BCUT2D eigenvalue weighted by Gasteiger charge is -2.35. The topological polar surface area (TPSA) is 62.9 Å². The second-order valence-corrected chi connectivity index (χ2v) is 9.05. The van der Waals surface area contributed by atoms with Gasteiger partial charge in [-0.05, 0) is 42.3 Å². The van der Waals surface area contributed by atoms with Crippen LogP contribution in [0.4, 0.5) is 13.2 Å². The normalized spacial score (nSPS) is 19.5. The van der Waals surface area contributed by atoms with E-state index in [1.165, 1.54) is 18.2 Å². The Morgan fingerprint density at radius 3 is 2.37 bits per heavy atom. The maximum absolute atomic E-state index is 14.3. The van der Waals surface area contributed by atoms with Crippen LogP contribution in [0.15, 0.2) is 63.8 Å². The van der Waals surface area contributed by atoms with Gasteiger partial charge in [0.25, 0.3) is 0 Å². The second kappa shape index (κ2) is 8.70. The highest BCUT2D eigenvalue weighted by atomic mass is 19.4. The molecule has 5 nitrogen and oxygen atoms in total. The minimum Gasteiger partial charge on any atom is -0.507 e. The van der Waals surface area contributed by atoms with Crippen molar-refractivity contribution in [3.63, 3.8) is 0 Å². The van der Waals surface area contributed by atoms with Gasteiger partial charge in [0, 0.05) is 19.6 Å². The van der Waals surface area contributed by atoms with E-state index in [1.54, 1.807) is 36.4 Å². The molecule has 1 aliphatic heterocycles. The first kappa shape index (κ1) is 23.4. The first-order valence-electron chi connectivity index (χ1n) is 11.4. The van der Waals surface area contributed by atoms with Crippen molar-refractivity contribution >= 4 is 21.7 Å². The highest BCUT2D eigenvalue weighted by Gasteiger charge is 2.40. The summed E-state index contributed by atoms with van der Waals surface area (Å²) in [5.41, 5.74) is -1.28. The number of nitrogens with zero attached hydrogens (tertiary/aromatic N) is 1. The zero-order valence-corrected chi connectivity index (χ0v) is 19.2. The second-order valence-electron chi connectivity index (χ2n) is 9.05. The van der Waals surface area contributed by atoms with E-state index in [0.717, 1.165) is 0 Å². The van der Waals surface area contributed by atoms with Gasteiger partial charge in [0.2, 0.25) is 11.2 Å². The van der Waals surface area contributed by atoms with Crippen LogP contribution in [0.5, 0.6) is 5.75 Å². The Hall–Kier alpha value is -3.36. The molecule has 0 radical (unpaired) electrons. The molecule has 182 valence electrons. The van der Waals surface area contributed by atoms with Crippen LogP contribution in [0, 0.1) is 0 Å². The highest BCUT2D eigenvalue weighted by molar-refractivity contribution is 5.99. The summed E-state index contributed by atoms with van der Waals surface area (Å²) in [6.07, 6.45) is -5.08. The summed E-state index contributed by atoms with van der Waals surface area (Å²) in [6.45, 7) is 5.00. The lowest BCUT2D eigenvalue weighted by molar-refractivity contribution is -0.152. The van der Waals surface area contributed by atoms with Crippen LogP contribution in [-0.2, 0) is 17.5 Å². The molecule has 1 saturated heterocycles. The molecule has 0 bridgehead atoms. The quantitative estimate of drug-likeness (QED) is 0.390. The Kier molecular flexibility index (Phi) is 5.81. The summed E-state index contributed by atoms with van der Waals surface area (Å²) in [5, 5.41) is 11.8. The van der Waals surface area contributed by atoms with Gasteiger partial charge in [-0.3, -0.25) is 9.69 Å². The SMILES string of the molecule is C[C@@H]1CN(Cc2c(O)ccc3c(=O)c(-c4cccc5ccccc45)c(C(F)(F)F)oc23)C[C@@H](C)O1. The number of hydrogen-bond acceptors (Lipinski definition) is 5. The summed E-state index contributed by atoms with van der Waals surface area (Å²) in [7, 11) is 0. The molecule has 1 fully saturated rings. The van der Waals surface area contributed by atoms with Crippen molar-refractivity contribution in [1.29, 1.82) is 0 Å². The zero-order chi connectivity index (χ0) is 24.9. The average Bonchev–Trinajstić information content (AvgIpc) is 2.79. The molecular formula is C27H24F3NO4. The van der Waals surface area contributed by atoms with Gasteiger partial charge in [0.1, 0.15) is 11.3 Å². The molecular weight excluding hydrogens is 459 g/mol. The fraction of sp³-hybridized carbons (Fsp3) is 0.296. The number of phenols is 1. The number of aromatic hydroxyl groups is 1. The van der Waals surface area contributed by atoms with Crippen molar-refractivity contribution in [3.05, 3.63) is 76.1 Å². The number of alkyl halides is 3. The molecule has 0 aliphatic carbocycles. The number of benzene rings is 3. The molecule has 1 aromatic heterocycles. The minimum absolute atomic E-state index is 0.0110. The number of ether oxygens (including phenoxy) is 1. The summed E-state index contributed by atoms with van der Waals surface area (Å²) in [5.74, 6) is -1.60. The third-order valence-electron chi connectivity index (χ3n) is 6.33. The van der Waals surface area contributed by atoms with Crippen LogP contribution < -0.4 is 5.43 Å². The maximum atomic E-state index is 14.3. The van der Waals surface area contributed by atoms with E-state index in [9.17, 15) is 23.1 Å². The Bertz CT molecular complexity index is 1460. The molecule has 8 heteroatoms. The van der Waals surface area contributed by atoms with E-state index >= 15 is 0 Å². The van der Waals surface area contributed by atoms with Gasteiger partial charge in [-0.1, -0.05) is 42.5 Å². The average molecular weight is 483 g/mol. The lowest BCUT2D eigenvalue weighted by Crippen LogP contribution is -2.44. The molecule has 0 amide bonds. The Morgan fingerprint density at radius 2 is 1.66 bits per heavy atom.